The van der Waals surface area contributed by atoms with Crippen LogP contribution in [0.3, 0.4) is 0 Å². The molecule has 2 bridgehead atoms. The summed E-state index contributed by atoms with van der Waals surface area (Å²) in [6.07, 6.45) is 9.84. The maximum atomic E-state index is 12.0. The molecule has 2 N–H and O–H groups in total. The van der Waals surface area contributed by atoms with E-state index in [1.165, 1.54) is 12.8 Å². The quantitative estimate of drug-likeness (QED) is 0.661. The number of carbonyl (C=O) groups excluding carboxylic acids is 1. The van der Waals surface area contributed by atoms with Gasteiger partial charge in [-0.25, -0.2) is 0 Å². The third kappa shape index (κ3) is 1.69. The van der Waals surface area contributed by atoms with Crippen LogP contribution in [0.15, 0.2) is 12.2 Å². The molecule has 0 spiro atoms. The molecule has 1 amide bonds. The molecule has 3 aliphatic rings. The number of carbonyl (C=O) groups is 1. The Morgan fingerprint density at radius 2 is 2.07 bits per heavy atom. The Morgan fingerprint density at radius 3 is 2.67 bits per heavy atom. The predicted octanol–water partition coefficient (Wildman–Crippen LogP) is 0.962. The Morgan fingerprint density at radius 1 is 1.27 bits per heavy atom. The highest BCUT2D eigenvalue weighted by molar-refractivity contribution is 5.80. The van der Waals surface area contributed by atoms with Crippen LogP contribution in [0, 0.1) is 5.92 Å². The lowest BCUT2D eigenvalue weighted by atomic mass is 9.88. The van der Waals surface area contributed by atoms with E-state index in [0.717, 1.165) is 19.3 Å². The second kappa shape index (κ2) is 3.63. The number of fused-ring (bicyclic) bond motifs is 2. The van der Waals surface area contributed by atoms with Crippen LogP contribution in [0.2, 0.25) is 0 Å². The average Bonchev–Trinajstić information content (AvgIpc) is 2.93. The maximum absolute atomic E-state index is 12.0. The van der Waals surface area contributed by atoms with Gasteiger partial charge in [0, 0.05) is 18.1 Å². The first kappa shape index (κ1) is 9.40. The van der Waals surface area contributed by atoms with Gasteiger partial charge < -0.3 is 10.6 Å². The second-order valence-electron chi connectivity index (χ2n) is 5.04. The molecule has 15 heavy (non-hydrogen) atoms. The Hall–Kier alpha value is -0.830. The normalized spacial score (nSPS) is 38.8. The van der Waals surface area contributed by atoms with Gasteiger partial charge in [0.05, 0.1) is 5.92 Å². The Balaban J connectivity index is 1.56. The third-order valence-electron chi connectivity index (χ3n) is 3.99. The summed E-state index contributed by atoms with van der Waals surface area (Å²) in [6.45, 7) is 0. The molecule has 3 atom stereocenters. The van der Waals surface area contributed by atoms with Crippen LogP contribution in [0.1, 0.15) is 32.1 Å². The van der Waals surface area contributed by atoms with Crippen molar-refractivity contribution in [1.29, 1.82) is 0 Å². The zero-order valence-electron chi connectivity index (χ0n) is 8.91. The molecular weight excluding hydrogens is 188 g/mol. The highest BCUT2D eigenvalue weighted by atomic mass is 16.2. The molecule has 0 saturated carbocycles. The molecule has 1 aliphatic carbocycles. The SMILES string of the molecule is O=C(NC1CC=CC1)C1CC2CCC1N2. The molecule has 0 aromatic carbocycles. The molecule has 3 nitrogen and oxygen atoms in total. The van der Waals surface area contributed by atoms with Crippen LogP contribution < -0.4 is 10.6 Å². The number of hydrogen-bond acceptors (Lipinski definition) is 2. The molecule has 3 heteroatoms. The summed E-state index contributed by atoms with van der Waals surface area (Å²) < 4.78 is 0. The van der Waals surface area contributed by atoms with Gasteiger partial charge >= 0.3 is 0 Å². The molecule has 0 radical (unpaired) electrons. The average molecular weight is 206 g/mol. The van der Waals surface area contributed by atoms with Crippen molar-refractivity contribution in [2.75, 3.05) is 0 Å². The van der Waals surface area contributed by atoms with Crippen LogP contribution in [0.25, 0.3) is 0 Å². The van der Waals surface area contributed by atoms with Crippen LogP contribution >= 0.6 is 0 Å². The zero-order chi connectivity index (χ0) is 10.3. The fraction of sp³-hybridized carbons (Fsp3) is 0.750. The molecule has 2 fully saturated rings. The monoisotopic (exact) mass is 206 g/mol. The van der Waals surface area contributed by atoms with E-state index in [1.54, 1.807) is 0 Å². The van der Waals surface area contributed by atoms with Crippen LogP contribution in [0.4, 0.5) is 0 Å². The van der Waals surface area contributed by atoms with Gasteiger partial charge in [0.25, 0.3) is 0 Å². The minimum Gasteiger partial charge on any atom is -0.352 e. The van der Waals surface area contributed by atoms with Crippen molar-refractivity contribution in [3.63, 3.8) is 0 Å². The number of hydrogen-bond donors (Lipinski definition) is 2. The van der Waals surface area contributed by atoms with E-state index in [9.17, 15) is 4.79 Å². The summed E-state index contributed by atoms with van der Waals surface area (Å²) in [7, 11) is 0. The van der Waals surface area contributed by atoms with E-state index in [1.807, 2.05) is 0 Å². The molecule has 2 heterocycles. The standard InChI is InChI=1S/C12H18N2O/c15-12(14-8-3-1-2-4-8)10-7-9-5-6-11(10)13-9/h1-2,8-11,13H,3-7H2,(H,14,15). The summed E-state index contributed by atoms with van der Waals surface area (Å²) in [5.41, 5.74) is 0. The van der Waals surface area contributed by atoms with Crippen molar-refractivity contribution in [1.82, 2.24) is 10.6 Å². The maximum Gasteiger partial charge on any atom is 0.224 e. The van der Waals surface area contributed by atoms with Crippen molar-refractivity contribution in [2.45, 2.75) is 50.2 Å². The lowest BCUT2D eigenvalue weighted by molar-refractivity contribution is -0.126. The highest BCUT2D eigenvalue weighted by Gasteiger charge is 2.42. The van der Waals surface area contributed by atoms with Crippen molar-refractivity contribution in [2.24, 2.45) is 5.92 Å². The summed E-state index contributed by atoms with van der Waals surface area (Å²) in [6, 6.07) is 1.45. The molecule has 3 unspecified atom stereocenters. The summed E-state index contributed by atoms with van der Waals surface area (Å²) >= 11 is 0. The molecule has 3 rings (SSSR count). The topological polar surface area (TPSA) is 41.1 Å². The molecule has 0 aromatic rings. The van der Waals surface area contributed by atoms with Crippen molar-refractivity contribution < 1.29 is 4.79 Å². The molecule has 2 saturated heterocycles. The largest absolute Gasteiger partial charge is 0.352 e. The zero-order valence-corrected chi connectivity index (χ0v) is 8.91. The van der Waals surface area contributed by atoms with E-state index >= 15 is 0 Å². The predicted molar refractivity (Wildman–Crippen MR) is 58.4 cm³/mol. The van der Waals surface area contributed by atoms with E-state index in [4.69, 9.17) is 0 Å². The van der Waals surface area contributed by atoms with Gasteiger partial charge in [-0.05, 0) is 32.1 Å². The summed E-state index contributed by atoms with van der Waals surface area (Å²) in [4.78, 5) is 12.0. The number of nitrogens with one attached hydrogen (secondary N) is 2. The highest BCUT2D eigenvalue weighted by Crippen LogP contribution is 2.33. The van der Waals surface area contributed by atoms with E-state index < -0.39 is 0 Å². The Labute approximate surface area is 90.3 Å². The third-order valence-corrected chi connectivity index (χ3v) is 3.99. The fourth-order valence-corrected chi connectivity index (χ4v) is 3.16. The minimum atomic E-state index is 0.240. The van der Waals surface area contributed by atoms with E-state index in [2.05, 4.69) is 22.8 Å². The van der Waals surface area contributed by atoms with Gasteiger partial charge in [0.15, 0.2) is 0 Å². The Kier molecular flexibility index (Phi) is 2.28. The van der Waals surface area contributed by atoms with Crippen LogP contribution in [-0.4, -0.2) is 24.0 Å². The second-order valence-corrected chi connectivity index (χ2v) is 5.04. The molecule has 82 valence electrons. The van der Waals surface area contributed by atoms with Crippen molar-refractivity contribution >= 4 is 5.91 Å². The molecule has 0 aromatic heterocycles. The van der Waals surface area contributed by atoms with Crippen molar-refractivity contribution in [3.8, 4) is 0 Å². The van der Waals surface area contributed by atoms with Crippen LogP contribution in [-0.2, 0) is 4.79 Å². The fourth-order valence-electron chi connectivity index (χ4n) is 3.16. The first-order chi connectivity index (χ1) is 7.33. The van der Waals surface area contributed by atoms with Gasteiger partial charge in [-0.15, -0.1) is 0 Å². The minimum absolute atomic E-state index is 0.240. The summed E-state index contributed by atoms with van der Waals surface area (Å²) in [5.74, 6) is 0.521. The smallest absolute Gasteiger partial charge is 0.224 e. The first-order valence-electron chi connectivity index (χ1n) is 6.04. The Bertz CT molecular complexity index is 292. The van der Waals surface area contributed by atoms with Gasteiger partial charge in [-0.2, -0.15) is 0 Å². The van der Waals surface area contributed by atoms with Gasteiger partial charge in [-0.1, -0.05) is 12.2 Å². The van der Waals surface area contributed by atoms with E-state index in [-0.39, 0.29) is 11.8 Å². The van der Waals surface area contributed by atoms with Gasteiger partial charge in [-0.3, -0.25) is 4.79 Å². The summed E-state index contributed by atoms with van der Waals surface area (Å²) in [5, 5.41) is 6.67. The van der Waals surface area contributed by atoms with E-state index in [0.29, 0.717) is 18.1 Å². The van der Waals surface area contributed by atoms with Gasteiger partial charge in [0.2, 0.25) is 5.91 Å². The lowest BCUT2D eigenvalue weighted by Crippen LogP contribution is -2.41. The molecular formula is C12H18N2O. The van der Waals surface area contributed by atoms with Gasteiger partial charge in [0.1, 0.15) is 0 Å². The molecule has 2 aliphatic heterocycles. The first-order valence-corrected chi connectivity index (χ1v) is 6.04. The number of amides is 1. The number of rotatable bonds is 2. The van der Waals surface area contributed by atoms with Crippen LogP contribution in [0.5, 0.6) is 0 Å². The lowest BCUT2D eigenvalue weighted by Gasteiger charge is -2.21. The van der Waals surface area contributed by atoms with Crippen molar-refractivity contribution in [3.05, 3.63) is 12.2 Å².